The van der Waals surface area contributed by atoms with Crippen LogP contribution in [0.25, 0.3) is 10.8 Å². The number of hydrogen-bond donors (Lipinski definition) is 2. The van der Waals surface area contributed by atoms with Crippen LogP contribution in [-0.4, -0.2) is 47.3 Å². The molecule has 1 saturated carbocycles. The molecule has 0 bridgehead atoms. The van der Waals surface area contributed by atoms with E-state index in [1.54, 1.807) is 12.3 Å². The van der Waals surface area contributed by atoms with Crippen molar-refractivity contribution < 1.29 is 4.79 Å². The van der Waals surface area contributed by atoms with Gasteiger partial charge in [0.05, 0.1) is 6.54 Å². The molecule has 1 fully saturated rings. The molecule has 7 heteroatoms. The number of carbonyl (C=O) groups is 1. The van der Waals surface area contributed by atoms with E-state index in [2.05, 4.69) is 40.5 Å². The highest BCUT2D eigenvalue weighted by atomic mass is 16.1. The lowest BCUT2D eigenvalue weighted by Crippen LogP contribution is -2.35. The summed E-state index contributed by atoms with van der Waals surface area (Å²) in [7, 11) is 1.97. The van der Waals surface area contributed by atoms with Crippen LogP contribution >= 0.6 is 0 Å². The van der Waals surface area contributed by atoms with E-state index in [0.717, 1.165) is 41.4 Å². The fourth-order valence-corrected chi connectivity index (χ4v) is 3.81. The molecule has 1 aromatic carbocycles. The van der Waals surface area contributed by atoms with Gasteiger partial charge in [0, 0.05) is 48.2 Å². The lowest BCUT2D eigenvalue weighted by atomic mass is 10.1. The number of nitrogens with zero attached hydrogens (tertiary/aromatic N) is 4. The number of anilines is 1. The summed E-state index contributed by atoms with van der Waals surface area (Å²) in [5.41, 5.74) is 3.52. The number of fused-ring (bicyclic) bond motifs is 2. The summed E-state index contributed by atoms with van der Waals surface area (Å²) in [5.74, 6) is 6.84. The zero-order valence-electron chi connectivity index (χ0n) is 16.1. The van der Waals surface area contributed by atoms with Gasteiger partial charge in [0.25, 0.3) is 0 Å². The number of nitrogens with one attached hydrogen (secondary N) is 1. The molecule has 0 spiro atoms. The van der Waals surface area contributed by atoms with E-state index in [9.17, 15) is 4.79 Å². The van der Waals surface area contributed by atoms with Crippen LogP contribution in [0.5, 0.6) is 0 Å². The average Bonchev–Trinajstić information content (AvgIpc) is 3.34. The Morgan fingerprint density at radius 2 is 2.14 bits per heavy atom. The van der Waals surface area contributed by atoms with Gasteiger partial charge in [-0.1, -0.05) is 13.0 Å². The van der Waals surface area contributed by atoms with Crippen LogP contribution in [0.15, 0.2) is 65.2 Å². The van der Waals surface area contributed by atoms with E-state index < -0.39 is 0 Å². The second-order valence-corrected chi connectivity index (χ2v) is 7.66. The Hall–Kier alpha value is -3.19. The summed E-state index contributed by atoms with van der Waals surface area (Å²) in [4.78, 5) is 16.9. The van der Waals surface area contributed by atoms with Crippen LogP contribution in [0, 0.1) is 5.41 Å². The molecule has 1 aromatic heterocycles. The molecule has 0 amide bonds. The minimum Gasteiger partial charge on any atom is -0.357 e. The third kappa shape index (κ3) is 3.61. The van der Waals surface area contributed by atoms with E-state index in [0.29, 0.717) is 12.4 Å². The molecule has 0 radical (unpaired) electrons. The Bertz CT molecular complexity index is 1010. The van der Waals surface area contributed by atoms with Crippen molar-refractivity contribution in [2.45, 2.75) is 13.3 Å². The Morgan fingerprint density at radius 1 is 1.29 bits per heavy atom. The van der Waals surface area contributed by atoms with Crippen LogP contribution in [0.2, 0.25) is 0 Å². The van der Waals surface area contributed by atoms with Crippen molar-refractivity contribution in [2.24, 2.45) is 16.4 Å². The number of aldehydes is 1. The number of rotatable bonds is 4. The maximum Gasteiger partial charge on any atom is 0.150 e. The molecular weight excluding hydrogens is 352 g/mol. The molecule has 3 N–H and O–H groups in total. The van der Waals surface area contributed by atoms with Crippen molar-refractivity contribution >= 4 is 28.6 Å². The van der Waals surface area contributed by atoms with Gasteiger partial charge in [-0.25, -0.2) is 11.0 Å². The SMILES string of the molecule is CN1CC2(C)CC2=C(Nc2ccc3cnccc3c2)CN(N)/N=C1\C=C/C=O. The largest absolute Gasteiger partial charge is 0.357 e. The molecule has 4 rings (SSSR count). The monoisotopic (exact) mass is 376 g/mol. The maximum atomic E-state index is 10.7. The number of carbonyl (C=O) groups excluding carboxylic acids is 1. The Balaban J connectivity index is 1.64. The predicted molar refractivity (Wildman–Crippen MR) is 111 cm³/mol. The third-order valence-electron chi connectivity index (χ3n) is 5.32. The van der Waals surface area contributed by atoms with E-state index in [1.165, 1.54) is 16.8 Å². The molecule has 28 heavy (non-hydrogen) atoms. The summed E-state index contributed by atoms with van der Waals surface area (Å²) in [6.45, 7) is 3.53. The van der Waals surface area contributed by atoms with Gasteiger partial charge >= 0.3 is 0 Å². The van der Waals surface area contributed by atoms with E-state index in [4.69, 9.17) is 5.84 Å². The smallest absolute Gasteiger partial charge is 0.150 e. The third-order valence-corrected chi connectivity index (χ3v) is 5.32. The zero-order valence-corrected chi connectivity index (χ0v) is 16.1. The molecule has 2 aromatic rings. The van der Waals surface area contributed by atoms with Crippen LogP contribution in [-0.2, 0) is 4.79 Å². The first-order valence-corrected chi connectivity index (χ1v) is 9.26. The van der Waals surface area contributed by atoms with Crippen LogP contribution in [0.4, 0.5) is 5.69 Å². The van der Waals surface area contributed by atoms with Gasteiger partial charge in [0.2, 0.25) is 0 Å². The van der Waals surface area contributed by atoms with Gasteiger partial charge in [-0.3, -0.25) is 9.78 Å². The van der Waals surface area contributed by atoms with Crippen LogP contribution in [0.1, 0.15) is 13.3 Å². The number of pyridine rings is 1. The summed E-state index contributed by atoms with van der Waals surface area (Å²) < 4.78 is 0. The van der Waals surface area contributed by atoms with E-state index in [-0.39, 0.29) is 5.41 Å². The average molecular weight is 376 g/mol. The van der Waals surface area contributed by atoms with Crippen molar-refractivity contribution in [3.8, 4) is 0 Å². The lowest BCUT2D eigenvalue weighted by Gasteiger charge is -2.23. The quantitative estimate of drug-likeness (QED) is 0.484. The first kappa shape index (κ1) is 18.2. The molecule has 1 aliphatic heterocycles. The Kier molecular flexibility index (Phi) is 4.60. The topological polar surface area (TPSA) is 86.8 Å². The number of hydrazone groups is 1. The number of nitrogens with two attached hydrogens (primary N) is 1. The van der Waals surface area contributed by atoms with Gasteiger partial charge in [0.1, 0.15) is 12.1 Å². The number of hydrazine groups is 1. The number of hydrogen-bond acceptors (Lipinski definition) is 7. The summed E-state index contributed by atoms with van der Waals surface area (Å²) >= 11 is 0. The number of amidine groups is 1. The van der Waals surface area contributed by atoms with Crippen LogP contribution < -0.4 is 11.2 Å². The lowest BCUT2D eigenvalue weighted by molar-refractivity contribution is -0.104. The molecule has 2 aliphatic rings. The van der Waals surface area contributed by atoms with Crippen molar-refractivity contribution in [3.05, 3.63) is 60.1 Å². The second-order valence-electron chi connectivity index (χ2n) is 7.66. The van der Waals surface area contributed by atoms with Gasteiger partial charge in [-0.2, -0.15) is 0 Å². The fraction of sp³-hybridized carbons (Fsp3) is 0.286. The molecule has 1 aliphatic carbocycles. The highest BCUT2D eigenvalue weighted by Crippen LogP contribution is 2.54. The molecule has 144 valence electrons. The molecule has 0 saturated heterocycles. The standard InChI is InChI=1S/C21H24N6O/c1-21-11-18(21)19(13-27(22)25-20(4-3-9-28)26(2)14-21)24-17-6-5-16-12-23-8-7-15(16)10-17/h3-10,12,24H,11,13-14,22H2,1-2H3/b4-3-,19-18?,25-20+. The molecule has 2 heterocycles. The van der Waals surface area contributed by atoms with Gasteiger partial charge in [-0.15, -0.1) is 5.10 Å². The highest BCUT2D eigenvalue weighted by Gasteiger charge is 2.48. The maximum absolute atomic E-state index is 10.7. The van der Waals surface area contributed by atoms with E-state index in [1.807, 2.05) is 24.2 Å². The first-order chi connectivity index (χ1) is 13.5. The van der Waals surface area contributed by atoms with Crippen molar-refractivity contribution in [3.63, 3.8) is 0 Å². The van der Waals surface area contributed by atoms with Gasteiger partial charge in [0.15, 0.2) is 0 Å². The molecular formula is C21H24N6O. The van der Waals surface area contributed by atoms with Gasteiger partial charge in [-0.05, 0) is 47.7 Å². The molecule has 1 unspecified atom stereocenters. The second kappa shape index (κ2) is 7.09. The number of benzene rings is 1. The number of allylic oxidation sites excluding steroid dienone is 1. The molecule has 1 atom stereocenters. The summed E-state index contributed by atoms with van der Waals surface area (Å²) in [6.07, 6.45) is 8.54. The number of likely N-dealkylation sites (N-methyl/N-ethyl adjacent to an activating group) is 1. The van der Waals surface area contributed by atoms with Gasteiger partial charge < -0.3 is 10.2 Å². The fourth-order valence-electron chi connectivity index (χ4n) is 3.81. The van der Waals surface area contributed by atoms with Crippen LogP contribution in [0.3, 0.4) is 0 Å². The van der Waals surface area contributed by atoms with E-state index >= 15 is 0 Å². The highest BCUT2D eigenvalue weighted by molar-refractivity contribution is 5.95. The Morgan fingerprint density at radius 3 is 2.96 bits per heavy atom. The summed E-state index contributed by atoms with van der Waals surface area (Å²) in [5, 5.41) is 11.7. The minimum atomic E-state index is 0.0683. The minimum absolute atomic E-state index is 0.0683. The summed E-state index contributed by atoms with van der Waals surface area (Å²) in [6, 6.07) is 8.23. The predicted octanol–water partition coefficient (Wildman–Crippen LogP) is 2.50. The van der Waals surface area contributed by atoms with Crippen molar-refractivity contribution in [1.29, 1.82) is 0 Å². The van der Waals surface area contributed by atoms with Crippen molar-refractivity contribution in [2.75, 3.05) is 25.5 Å². The number of aromatic nitrogens is 1. The normalized spacial score (nSPS) is 24.3. The zero-order chi connectivity index (χ0) is 19.7. The first-order valence-electron chi connectivity index (χ1n) is 9.26. The Labute approximate surface area is 164 Å². The van der Waals surface area contributed by atoms with Crippen molar-refractivity contribution in [1.82, 2.24) is 15.0 Å². The molecule has 7 nitrogen and oxygen atoms in total.